The molecule has 30 heavy (non-hydrogen) atoms. The zero-order chi connectivity index (χ0) is 21.2. The van der Waals surface area contributed by atoms with Gasteiger partial charge in [0.25, 0.3) is 0 Å². The maximum absolute atomic E-state index is 6.06. The summed E-state index contributed by atoms with van der Waals surface area (Å²) in [6.07, 6.45) is 6.79. The lowest BCUT2D eigenvalue weighted by Gasteiger charge is -2.28. The molecule has 3 rings (SSSR count). The average Bonchev–Trinajstić information content (AvgIpc) is 3.24. The fourth-order valence-corrected chi connectivity index (χ4v) is 4.03. The Morgan fingerprint density at radius 3 is 2.53 bits per heavy atom. The fourth-order valence-electron chi connectivity index (χ4n) is 4.03. The molecule has 1 heterocycles. The van der Waals surface area contributed by atoms with E-state index in [9.17, 15) is 0 Å². The molecule has 166 valence electrons. The summed E-state index contributed by atoms with van der Waals surface area (Å²) in [5.74, 6) is 2.20. The largest absolute Gasteiger partial charge is 0.497 e. The quantitative estimate of drug-likeness (QED) is 0.518. The van der Waals surface area contributed by atoms with Gasteiger partial charge in [-0.25, -0.2) is 0 Å². The molecule has 0 bridgehead atoms. The van der Waals surface area contributed by atoms with Crippen LogP contribution >= 0.6 is 0 Å². The second kappa shape index (κ2) is 11.9. The van der Waals surface area contributed by atoms with Crippen LogP contribution in [0.4, 0.5) is 0 Å². The normalized spacial score (nSPS) is 19.2. The number of nitrogens with zero attached hydrogens (tertiary/aromatic N) is 2. The van der Waals surface area contributed by atoms with E-state index in [-0.39, 0.29) is 0 Å². The Bertz CT molecular complexity index is 726. The van der Waals surface area contributed by atoms with Gasteiger partial charge in [-0.2, -0.15) is 5.10 Å². The SMILES string of the molecule is CNCCN(C)Cc1c[nH]nc1[C@H]1CC[C@H](OCCOc2ccc(OC)cc2)CC1. The van der Waals surface area contributed by atoms with Gasteiger partial charge in [0.15, 0.2) is 0 Å². The number of aromatic nitrogens is 2. The molecule has 1 aromatic carbocycles. The standard InChI is InChI=1S/C23H36N4O3/c1-24-12-13-27(2)17-19-16-25-26-23(19)18-4-6-21(7-5-18)29-14-15-30-22-10-8-20(28-3)9-11-22/h8-11,16,18,21,24H,4-7,12-15,17H2,1-3H3,(H,25,26)/t18-,21-. The van der Waals surface area contributed by atoms with Crippen LogP contribution in [0.1, 0.15) is 42.9 Å². The van der Waals surface area contributed by atoms with Crippen molar-refractivity contribution in [3.8, 4) is 11.5 Å². The van der Waals surface area contributed by atoms with Gasteiger partial charge in [-0.1, -0.05) is 0 Å². The van der Waals surface area contributed by atoms with Gasteiger partial charge in [-0.3, -0.25) is 5.10 Å². The fraction of sp³-hybridized carbons (Fsp3) is 0.609. The second-order valence-corrected chi connectivity index (χ2v) is 8.01. The highest BCUT2D eigenvalue weighted by molar-refractivity contribution is 5.31. The molecule has 2 N–H and O–H groups in total. The topological polar surface area (TPSA) is 71.6 Å². The molecule has 0 amide bonds. The minimum atomic E-state index is 0.321. The van der Waals surface area contributed by atoms with Crippen LogP contribution in [0.15, 0.2) is 30.5 Å². The predicted molar refractivity (Wildman–Crippen MR) is 118 cm³/mol. The van der Waals surface area contributed by atoms with E-state index in [1.54, 1.807) is 7.11 Å². The van der Waals surface area contributed by atoms with Gasteiger partial charge in [-0.05, 0) is 64.0 Å². The molecule has 7 heteroatoms. The monoisotopic (exact) mass is 416 g/mol. The first-order chi connectivity index (χ1) is 14.7. The number of H-pyrrole nitrogens is 1. The van der Waals surface area contributed by atoms with Crippen LogP contribution in [0.2, 0.25) is 0 Å². The lowest BCUT2D eigenvalue weighted by Crippen LogP contribution is -2.27. The average molecular weight is 417 g/mol. The molecule has 1 aliphatic rings. The molecule has 1 aliphatic carbocycles. The minimum Gasteiger partial charge on any atom is -0.497 e. The number of nitrogens with one attached hydrogen (secondary N) is 2. The first kappa shape index (κ1) is 22.6. The molecular weight excluding hydrogens is 380 g/mol. The number of hydrogen-bond acceptors (Lipinski definition) is 6. The Morgan fingerprint density at radius 2 is 1.83 bits per heavy atom. The summed E-state index contributed by atoms with van der Waals surface area (Å²) in [5, 5.41) is 10.9. The highest BCUT2D eigenvalue weighted by Crippen LogP contribution is 2.34. The molecule has 2 aromatic rings. The van der Waals surface area contributed by atoms with Crippen molar-refractivity contribution >= 4 is 0 Å². The molecule has 0 unspecified atom stereocenters. The summed E-state index contributed by atoms with van der Waals surface area (Å²) < 4.78 is 17.0. The van der Waals surface area contributed by atoms with Crippen molar-refractivity contribution in [2.45, 2.75) is 44.2 Å². The van der Waals surface area contributed by atoms with Crippen molar-refractivity contribution in [3.63, 3.8) is 0 Å². The Labute approximate surface area is 180 Å². The van der Waals surface area contributed by atoms with E-state index in [2.05, 4.69) is 33.7 Å². The first-order valence-corrected chi connectivity index (χ1v) is 10.9. The highest BCUT2D eigenvalue weighted by Gasteiger charge is 2.26. The molecule has 1 aromatic heterocycles. The van der Waals surface area contributed by atoms with E-state index >= 15 is 0 Å². The Balaban J connectivity index is 1.36. The van der Waals surface area contributed by atoms with Crippen LogP contribution in [0.25, 0.3) is 0 Å². The van der Waals surface area contributed by atoms with Gasteiger partial charge in [-0.15, -0.1) is 0 Å². The van der Waals surface area contributed by atoms with Gasteiger partial charge < -0.3 is 24.4 Å². The molecular formula is C23H36N4O3. The van der Waals surface area contributed by atoms with Crippen molar-refractivity contribution in [2.24, 2.45) is 0 Å². The summed E-state index contributed by atoms with van der Waals surface area (Å²) in [6, 6.07) is 7.64. The molecule has 1 saturated carbocycles. The third-order valence-corrected chi connectivity index (χ3v) is 5.76. The van der Waals surface area contributed by atoms with Crippen LogP contribution in [-0.2, 0) is 11.3 Å². The Morgan fingerprint density at radius 1 is 1.10 bits per heavy atom. The molecule has 0 spiro atoms. The first-order valence-electron chi connectivity index (χ1n) is 10.9. The number of likely N-dealkylation sites (N-methyl/N-ethyl adjacent to an activating group) is 2. The molecule has 0 radical (unpaired) electrons. The summed E-state index contributed by atoms with van der Waals surface area (Å²) in [5.41, 5.74) is 2.57. The van der Waals surface area contributed by atoms with E-state index in [4.69, 9.17) is 14.2 Å². The van der Waals surface area contributed by atoms with Crippen LogP contribution in [-0.4, -0.2) is 68.7 Å². The lowest BCUT2D eigenvalue weighted by molar-refractivity contribution is 0.00949. The van der Waals surface area contributed by atoms with Gasteiger partial charge in [0.1, 0.15) is 18.1 Å². The summed E-state index contributed by atoms with van der Waals surface area (Å²) in [6.45, 7) is 4.14. The van der Waals surface area contributed by atoms with Crippen molar-refractivity contribution in [3.05, 3.63) is 41.7 Å². The number of benzene rings is 1. The van der Waals surface area contributed by atoms with Crippen molar-refractivity contribution < 1.29 is 14.2 Å². The minimum absolute atomic E-state index is 0.321. The number of methoxy groups -OCH3 is 1. The van der Waals surface area contributed by atoms with E-state index in [1.807, 2.05) is 31.3 Å². The molecule has 1 fully saturated rings. The van der Waals surface area contributed by atoms with Crippen LogP contribution in [0, 0.1) is 0 Å². The molecule has 0 atom stereocenters. The lowest BCUT2D eigenvalue weighted by atomic mass is 9.84. The van der Waals surface area contributed by atoms with Crippen molar-refractivity contribution in [1.29, 1.82) is 0 Å². The van der Waals surface area contributed by atoms with Crippen molar-refractivity contribution in [1.82, 2.24) is 20.4 Å². The number of rotatable bonds is 12. The zero-order valence-corrected chi connectivity index (χ0v) is 18.5. The number of hydrogen-bond donors (Lipinski definition) is 2. The van der Waals surface area contributed by atoms with Crippen LogP contribution < -0.4 is 14.8 Å². The van der Waals surface area contributed by atoms with Gasteiger partial charge in [0.05, 0.1) is 25.5 Å². The maximum Gasteiger partial charge on any atom is 0.119 e. The van der Waals surface area contributed by atoms with Gasteiger partial charge in [0.2, 0.25) is 0 Å². The van der Waals surface area contributed by atoms with E-state index < -0.39 is 0 Å². The van der Waals surface area contributed by atoms with Gasteiger partial charge in [0, 0.05) is 37.3 Å². The summed E-state index contributed by atoms with van der Waals surface area (Å²) in [7, 11) is 5.81. The van der Waals surface area contributed by atoms with Crippen LogP contribution in [0.5, 0.6) is 11.5 Å². The highest BCUT2D eigenvalue weighted by atomic mass is 16.5. The predicted octanol–water partition coefficient (Wildman–Crippen LogP) is 3.19. The summed E-state index contributed by atoms with van der Waals surface area (Å²) in [4.78, 5) is 2.34. The molecule has 0 saturated heterocycles. The summed E-state index contributed by atoms with van der Waals surface area (Å²) >= 11 is 0. The van der Waals surface area contributed by atoms with Gasteiger partial charge >= 0.3 is 0 Å². The Hall–Kier alpha value is -2.09. The molecule has 7 nitrogen and oxygen atoms in total. The Kier molecular flexibility index (Phi) is 8.99. The zero-order valence-electron chi connectivity index (χ0n) is 18.5. The maximum atomic E-state index is 6.06. The number of aromatic amines is 1. The van der Waals surface area contributed by atoms with Crippen LogP contribution in [0.3, 0.4) is 0 Å². The van der Waals surface area contributed by atoms with E-state index in [0.717, 1.165) is 56.8 Å². The smallest absolute Gasteiger partial charge is 0.119 e. The third-order valence-electron chi connectivity index (χ3n) is 5.76. The van der Waals surface area contributed by atoms with Crippen molar-refractivity contribution in [2.75, 3.05) is 47.5 Å². The van der Waals surface area contributed by atoms with E-state index in [0.29, 0.717) is 25.2 Å². The second-order valence-electron chi connectivity index (χ2n) is 8.01. The third kappa shape index (κ3) is 6.72. The van der Waals surface area contributed by atoms with E-state index in [1.165, 1.54) is 11.3 Å². The number of ether oxygens (including phenoxy) is 3. The molecule has 0 aliphatic heterocycles.